The van der Waals surface area contributed by atoms with Gasteiger partial charge >= 0.3 is 5.97 Å². The number of hydrogen-bond acceptors (Lipinski definition) is 5. The van der Waals surface area contributed by atoms with Gasteiger partial charge in [-0.15, -0.1) is 0 Å². The number of benzene rings is 2. The Morgan fingerprint density at radius 1 is 1.31 bits per heavy atom. The van der Waals surface area contributed by atoms with E-state index in [1.807, 2.05) is 6.92 Å². The molecule has 0 aromatic heterocycles. The summed E-state index contributed by atoms with van der Waals surface area (Å²) in [5.41, 5.74) is 8.78. The second-order valence-corrected chi connectivity index (χ2v) is 6.53. The van der Waals surface area contributed by atoms with E-state index in [4.69, 9.17) is 15.2 Å². The van der Waals surface area contributed by atoms with Crippen LogP contribution in [0.4, 0.5) is 0 Å². The van der Waals surface area contributed by atoms with Crippen molar-refractivity contribution in [3.8, 4) is 11.5 Å². The van der Waals surface area contributed by atoms with E-state index in [0.29, 0.717) is 29.2 Å². The van der Waals surface area contributed by atoms with Crippen molar-refractivity contribution in [2.75, 3.05) is 6.61 Å². The van der Waals surface area contributed by atoms with E-state index in [-0.39, 0.29) is 5.11 Å². The number of rotatable bonds is 7. The lowest BCUT2D eigenvalue weighted by molar-refractivity contribution is 0.0734. The van der Waals surface area contributed by atoms with Crippen molar-refractivity contribution < 1.29 is 14.3 Å². The zero-order chi connectivity index (χ0) is 18.9. The minimum absolute atomic E-state index is 0.0418. The van der Waals surface area contributed by atoms with Crippen LogP contribution in [0.15, 0.2) is 52.0 Å². The summed E-state index contributed by atoms with van der Waals surface area (Å²) in [6.45, 7) is 2.66. The SMILES string of the molecule is CCCOc1ccc(C(=O)Oc2ccc(Br)cc2C=NNC(N)=S)cc1. The third-order valence-corrected chi connectivity index (χ3v) is 3.70. The Bertz CT molecular complexity index is 810. The lowest BCUT2D eigenvalue weighted by Crippen LogP contribution is -2.24. The van der Waals surface area contributed by atoms with Gasteiger partial charge in [-0.3, -0.25) is 5.43 Å². The third kappa shape index (κ3) is 6.12. The average Bonchev–Trinajstić information content (AvgIpc) is 2.62. The monoisotopic (exact) mass is 435 g/mol. The van der Waals surface area contributed by atoms with E-state index in [0.717, 1.165) is 10.9 Å². The van der Waals surface area contributed by atoms with E-state index in [1.165, 1.54) is 6.21 Å². The highest BCUT2D eigenvalue weighted by Crippen LogP contribution is 2.23. The molecule has 0 saturated heterocycles. The molecular formula is C18H18BrN3O3S. The summed E-state index contributed by atoms with van der Waals surface area (Å²) in [5.74, 6) is 0.591. The molecule has 0 fully saturated rings. The van der Waals surface area contributed by atoms with Crippen molar-refractivity contribution in [2.45, 2.75) is 13.3 Å². The molecule has 8 heteroatoms. The van der Waals surface area contributed by atoms with E-state index in [2.05, 4.69) is 38.7 Å². The predicted octanol–water partition coefficient (Wildman–Crippen LogP) is 3.62. The van der Waals surface area contributed by atoms with E-state index in [9.17, 15) is 4.79 Å². The number of halogens is 1. The molecule has 3 N–H and O–H groups in total. The number of hydrazone groups is 1. The molecule has 0 unspecified atom stereocenters. The molecule has 6 nitrogen and oxygen atoms in total. The average molecular weight is 436 g/mol. The Kier molecular flexibility index (Phi) is 7.55. The number of hydrogen-bond donors (Lipinski definition) is 2. The number of ether oxygens (including phenoxy) is 2. The van der Waals surface area contributed by atoms with Crippen LogP contribution in [0.25, 0.3) is 0 Å². The Morgan fingerprint density at radius 2 is 2.04 bits per heavy atom. The summed E-state index contributed by atoms with van der Waals surface area (Å²) in [4.78, 5) is 12.4. The van der Waals surface area contributed by atoms with Crippen LogP contribution in [0, 0.1) is 0 Å². The highest BCUT2D eigenvalue weighted by molar-refractivity contribution is 9.10. The smallest absolute Gasteiger partial charge is 0.343 e. The lowest BCUT2D eigenvalue weighted by atomic mass is 10.2. The molecule has 0 aliphatic rings. The minimum Gasteiger partial charge on any atom is -0.494 e. The largest absolute Gasteiger partial charge is 0.494 e. The Hall–Kier alpha value is -2.45. The summed E-state index contributed by atoms with van der Waals surface area (Å²) >= 11 is 8.06. The number of nitrogens with zero attached hydrogens (tertiary/aromatic N) is 1. The molecule has 2 aromatic carbocycles. The molecule has 0 amide bonds. The van der Waals surface area contributed by atoms with Crippen LogP contribution >= 0.6 is 28.1 Å². The molecule has 0 atom stereocenters. The molecule has 2 aromatic rings. The first-order chi connectivity index (χ1) is 12.5. The van der Waals surface area contributed by atoms with E-state index < -0.39 is 5.97 Å². The van der Waals surface area contributed by atoms with Crippen molar-refractivity contribution in [3.05, 3.63) is 58.1 Å². The van der Waals surface area contributed by atoms with Crippen molar-refractivity contribution in [1.82, 2.24) is 5.43 Å². The first-order valence-corrected chi connectivity index (χ1v) is 9.03. The van der Waals surface area contributed by atoms with Gasteiger partial charge in [0.15, 0.2) is 5.11 Å². The zero-order valence-electron chi connectivity index (χ0n) is 14.1. The maximum atomic E-state index is 12.4. The summed E-state index contributed by atoms with van der Waals surface area (Å²) in [7, 11) is 0. The summed E-state index contributed by atoms with van der Waals surface area (Å²) in [5, 5.41) is 3.93. The summed E-state index contributed by atoms with van der Waals surface area (Å²) < 4.78 is 11.8. The van der Waals surface area contributed by atoms with E-state index in [1.54, 1.807) is 42.5 Å². The summed E-state index contributed by atoms with van der Waals surface area (Å²) in [6.07, 6.45) is 2.38. The van der Waals surface area contributed by atoms with Crippen LogP contribution in [0.3, 0.4) is 0 Å². The second kappa shape index (κ2) is 9.88. The first-order valence-electron chi connectivity index (χ1n) is 7.82. The van der Waals surface area contributed by atoms with Gasteiger partial charge in [-0.1, -0.05) is 22.9 Å². The lowest BCUT2D eigenvalue weighted by Gasteiger charge is -2.09. The number of carbonyl (C=O) groups is 1. The first kappa shape index (κ1) is 19.9. The van der Waals surface area contributed by atoms with Crippen LogP contribution in [0.1, 0.15) is 29.3 Å². The molecule has 26 heavy (non-hydrogen) atoms. The van der Waals surface area contributed by atoms with Crippen molar-refractivity contribution in [2.24, 2.45) is 10.8 Å². The summed E-state index contributed by atoms with van der Waals surface area (Å²) in [6, 6.07) is 12.0. The molecule has 0 heterocycles. The number of nitrogens with two attached hydrogens (primary N) is 1. The molecule has 0 bridgehead atoms. The highest BCUT2D eigenvalue weighted by atomic mass is 79.9. The highest BCUT2D eigenvalue weighted by Gasteiger charge is 2.12. The van der Waals surface area contributed by atoms with Crippen LogP contribution in [-0.4, -0.2) is 23.9 Å². The van der Waals surface area contributed by atoms with Gasteiger partial charge in [-0.05, 0) is 61.1 Å². The van der Waals surface area contributed by atoms with Gasteiger partial charge in [0.2, 0.25) is 0 Å². The van der Waals surface area contributed by atoms with Gasteiger partial charge in [0.25, 0.3) is 0 Å². The zero-order valence-corrected chi connectivity index (χ0v) is 16.5. The molecule has 2 rings (SSSR count). The predicted molar refractivity (Wildman–Crippen MR) is 109 cm³/mol. The van der Waals surface area contributed by atoms with Gasteiger partial charge in [0.05, 0.1) is 18.4 Å². The minimum atomic E-state index is -0.480. The van der Waals surface area contributed by atoms with Crippen molar-refractivity contribution >= 4 is 45.4 Å². The molecule has 0 spiro atoms. The molecule has 0 aliphatic heterocycles. The quantitative estimate of drug-likeness (QED) is 0.227. The normalized spacial score (nSPS) is 10.5. The Morgan fingerprint density at radius 3 is 2.69 bits per heavy atom. The molecule has 0 aliphatic carbocycles. The standard InChI is InChI=1S/C18H18BrN3O3S/c1-2-9-24-15-6-3-12(4-7-15)17(23)25-16-8-5-14(19)10-13(16)11-21-22-18(20)26/h3-8,10-11H,2,9H2,1H3,(H3,20,22,26). The fraction of sp³-hybridized carbons (Fsp3) is 0.167. The topological polar surface area (TPSA) is 85.9 Å². The molecule has 136 valence electrons. The second-order valence-electron chi connectivity index (χ2n) is 5.18. The van der Waals surface area contributed by atoms with Crippen LogP contribution in [0.5, 0.6) is 11.5 Å². The van der Waals surface area contributed by atoms with Gasteiger partial charge < -0.3 is 15.2 Å². The molecular weight excluding hydrogens is 418 g/mol. The fourth-order valence-electron chi connectivity index (χ4n) is 1.94. The Labute approximate surface area is 165 Å². The van der Waals surface area contributed by atoms with E-state index >= 15 is 0 Å². The Balaban J connectivity index is 2.12. The van der Waals surface area contributed by atoms with Crippen molar-refractivity contribution in [1.29, 1.82) is 0 Å². The molecule has 0 saturated carbocycles. The van der Waals surface area contributed by atoms with Crippen LogP contribution in [-0.2, 0) is 0 Å². The molecule has 0 radical (unpaired) electrons. The third-order valence-electron chi connectivity index (χ3n) is 3.12. The fourth-order valence-corrected chi connectivity index (χ4v) is 2.38. The van der Waals surface area contributed by atoms with Crippen molar-refractivity contribution in [3.63, 3.8) is 0 Å². The maximum Gasteiger partial charge on any atom is 0.343 e. The van der Waals surface area contributed by atoms with Crippen LogP contribution in [0.2, 0.25) is 0 Å². The van der Waals surface area contributed by atoms with Gasteiger partial charge in [0.1, 0.15) is 11.5 Å². The number of nitrogens with one attached hydrogen (secondary N) is 1. The number of thiocarbonyl (C=S) groups is 1. The van der Waals surface area contributed by atoms with Crippen LogP contribution < -0.4 is 20.6 Å². The van der Waals surface area contributed by atoms with Gasteiger partial charge in [-0.2, -0.15) is 5.10 Å². The van der Waals surface area contributed by atoms with Gasteiger partial charge in [-0.25, -0.2) is 4.79 Å². The maximum absolute atomic E-state index is 12.4. The number of carbonyl (C=O) groups excluding carboxylic acids is 1. The van der Waals surface area contributed by atoms with Gasteiger partial charge in [0, 0.05) is 10.0 Å². The number of esters is 1.